The first-order valence-corrected chi connectivity index (χ1v) is 16.8. The first-order valence-electron chi connectivity index (χ1n) is 14.0. The fourth-order valence-electron chi connectivity index (χ4n) is 5.83. The molecule has 0 saturated carbocycles. The first kappa shape index (κ1) is 29.3. The van der Waals surface area contributed by atoms with E-state index >= 15 is 0 Å². The minimum absolute atomic E-state index is 0.0636. The smallest absolute Gasteiger partial charge is 0.271 e. The summed E-state index contributed by atoms with van der Waals surface area (Å²) in [5.74, 6) is 1.44. The van der Waals surface area contributed by atoms with Gasteiger partial charge in [0.25, 0.3) is 5.56 Å². The molecular weight excluding hydrogens is 724 g/mol. The van der Waals surface area contributed by atoms with Gasteiger partial charge in [-0.1, -0.05) is 77.5 Å². The third-order valence-electron chi connectivity index (χ3n) is 7.95. The molecule has 4 aromatic carbocycles. The predicted octanol–water partition coefficient (Wildman–Crippen LogP) is 8.08. The number of aryl methyl sites for hydroxylation is 1. The number of ether oxygens (including phenoxy) is 2. The van der Waals surface area contributed by atoms with E-state index in [4.69, 9.17) is 26.1 Å². The molecule has 0 spiro atoms. The molecule has 220 valence electrons. The lowest BCUT2D eigenvalue weighted by atomic mass is 9.83. The SMILES string of the molecule is COc1ccc([C@@H]2C3=C(N=c4s/c(=C/c5cc(Br)c(OCc6ccccc6Cl)c(Br)c5)c(=O)n42)c2ccccc2CC3)cc1. The largest absolute Gasteiger partial charge is 0.497 e. The molecule has 5 aromatic rings. The Balaban J connectivity index is 1.31. The molecule has 5 nitrogen and oxygen atoms in total. The summed E-state index contributed by atoms with van der Waals surface area (Å²) in [5.41, 5.74) is 7.30. The average molecular weight is 749 g/mol. The minimum atomic E-state index is -0.248. The Morgan fingerprint density at radius 2 is 1.73 bits per heavy atom. The highest BCUT2D eigenvalue weighted by Crippen LogP contribution is 2.41. The van der Waals surface area contributed by atoms with Crippen LogP contribution >= 0.6 is 54.8 Å². The van der Waals surface area contributed by atoms with Gasteiger partial charge in [0.05, 0.1) is 32.3 Å². The van der Waals surface area contributed by atoms with E-state index in [1.54, 1.807) is 7.11 Å². The molecule has 0 radical (unpaired) electrons. The highest BCUT2D eigenvalue weighted by Gasteiger charge is 2.32. The normalized spacial score (nSPS) is 15.7. The van der Waals surface area contributed by atoms with Gasteiger partial charge in [-0.05, 0) is 103 Å². The zero-order valence-corrected chi connectivity index (χ0v) is 28.3. The van der Waals surface area contributed by atoms with Gasteiger partial charge in [-0.25, -0.2) is 4.99 Å². The quantitative estimate of drug-likeness (QED) is 0.177. The number of fused-ring (bicyclic) bond motifs is 3. The number of hydrogen-bond acceptors (Lipinski definition) is 5. The number of thiazole rings is 1. The highest BCUT2D eigenvalue weighted by atomic mass is 79.9. The molecule has 1 aliphatic heterocycles. The summed E-state index contributed by atoms with van der Waals surface area (Å²) < 4.78 is 15.5. The Morgan fingerprint density at radius 1 is 1.00 bits per heavy atom. The molecule has 0 N–H and O–H groups in total. The van der Waals surface area contributed by atoms with E-state index in [0.717, 1.165) is 55.5 Å². The summed E-state index contributed by atoms with van der Waals surface area (Å²) >= 11 is 15.1. The summed E-state index contributed by atoms with van der Waals surface area (Å²) in [6.07, 6.45) is 3.67. The third-order valence-corrected chi connectivity index (χ3v) is 10.5. The predicted molar refractivity (Wildman–Crippen MR) is 183 cm³/mol. The Morgan fingerprint density at radius 3 is 2.48 bits per heavy atom. The van der Waals surface area contributed by atoms with Crippen molar-refractivity contribution in [3.63, 3.8) is 0 Å². The van der Waals surface area contributed by atoms with Crippen LogP contribution < -0.4 is 24.4 Å². The van der Waals surface area contributed by atoms with E-state index in [2.05, 4.69) is 56.1 Å². The van der Waals surface area contributed by atoms with E-state index < -0.39 is 0 Å². The second-order valence-corrected chi connectivity index (χ2v) is 13.7. The maximum absolute atomic E-state index is 14.1. The Hall–Kier alpha value is -3.43. The van der Waals surface area contributed by atoms with Crippen LogP contribution in [0.3, 0.4) is 0 Å². The van der Waals surface area contributed by atoms with Crippen molar-refractivity contribution in [2.24, 2.45) is 4.99 Å². The van der Waals surface area contributed by atoms with Gasteiger partial charge >= 0.3 is 0 Å². The van der Waals surface area contributed by atoms with Crippen molar-refractivity contribution in [2.75, 3.05) is 7.11 Å². The Bertz CT molecular complexity index is 2110. The van der Waals surface area contributed by atoms with Crippen LogP contribution in [0.2, 0.25) is 5.02 Å². The highest BCUT2D eigenvalue weighted by molar-refractivity contribution is 9.11. The lowest BCUT2D eigenvalue weighted by Gasteiger charge is -2.30. The second-order valence-electron chi connectivity index (χ2n) is 10.6. The fourth-order valence-corrected chi connectivity index (χ4v) is 8.47. The summed E-state index contributed by atoms with van der Waals surface area (Å²) in [4.78, 5) is 20.0. The topological polar surface area (TPSA) is 52.8 Å². The van der Waals surface area contributed by atoms with Crippen molar-refractivity contribution in [1.29, 1.82) is 0 Å². The van der Waals surface area contributed by atoms with Gasteiger partial charge in [0.2, 0.25) is 0 Å². The van der Waals surface area contributed by atoms with Crippen molar-refractivity contribution < 1.29 is 9.47 Å². The van der Waals surface area contributed by atoms with Gasteiger partial charge in [-0.3, -0.25) is 9.36 Å². The number of benzene rings is 4. The fraction of sp³-hybridized carbons (Fsp3) is 0.143. The number of hydrogen-bond donors (Lipinski definition) is 0. The van der Waals surface area contributed by atoms with Crippen molar-refractivity contribution in [3.8, 4) is 11.5 Å². The van der Waals surface area contributed by atoms with Gasteiger partial charge in [0, 0.05) is 16.1 Å². The van der Waals surface area contributed by atoms with Gasteiger partial charge in [0.1, 0.15) is 18.1 Å². The number of methoxy groups -OCH3 is 1. The molecule has 44 heavy (non-hydrogen) atoms. The maximum atomic E-state index is 14.1. The van der Waals surface area contributed by atoms with Crippen LogP contribution in [0.5, 0.6) is 11.5 Å². The summed E-state index contributed by atoms with van der Waals surface area (Å²) in [5, 5.41) is 0.657. The monoisotopic (exact) mass is 746 g/mol. The van der Waals surface area contributed by atoms with Crippen LogP contribution in [0.25, 0.3) is 11.8 Å². The zero-order chi connectivity index (χ0) is 30.4. The summed E-state index contributed by atoms with van der Waals surface area (Å²) in [7, 11) is 1.66. The molecule has 0 saturated heterocycles. The Kier molecular flexibility index (Phi) is 8.10. The van der Waals surface area contributed by atoms with Crippen LogP contribution in [0.4, 0.5) is 0 Å². The van der Waals surface area contributed by atoms with Gasteiger partial charge in [-0.15, -0.1) is 0 Å². The molecule has 0 unspecified atom stereocenters. The van der Waals surface area contributed by atoms with Gasteiger partial charge in [-0.2, -0.15) is 0 Å². The molecule has 1 atom stereocenters. The number of rotatable bonds is 6. The molecule has 1 aromatic heterocycles. The minimum Gasteiger partial charge on any atom is -0.497 e. The van der Waals surface area contributed by atoms with Crippen molar-refractivity contribution in [2.45, 2.75) is 25.5 Å². The van der Waals surface area contributed by atoms with Gasteiger partial charge < -0.3 is 9.47 Å². The van der Waals surface area contributed by atoms with Crippen LogP contribution in [0.15, 0.2) is 109 Å². The van der Waals surface area contributed by atoms with Crippen molar-refractivity contribution in [1.82, 2.24) is 4.57 Å². The van der Waals surface area contributed by atoms with Crippen LogP contribution in [-0.4, -0.2) is 11.7 Å². The van der Waals surface area contributed by atoms with Gasteiger partial charge in [0.15, 0.2) is 4.80 Å². The summed E-state index contributed by atoms with van der Waals surface area (Å²) in [6.45, 7) is 0.327. The number of nitrogens with zero attached hydrogens (tertiary/aromatic N) is 2. The van der Waals surface area contributed by atoms with E-state index in [0.29, 0.717) is 26.7 Å². The zero-order valence-electron chi connectivity index (χ0n) is 23.5. The molecular formula is C35H25Br2ClN2O3S. The molecule has 0 bridgehead atoms. The summed E-state index contributed by atoms with van der Waals surface area (Å²) in [6, 6.07) is 27.7. The average Bonchev–Trinajstić information content (AvgIpc) is 3.34. The van der Waals surface area contributed by atoms with E-state index in [-0.39, 0.29) is 11.6 Å². The van der Waals surface area contributed by atoms with Crippen molar-refractivity contribution in [3.05, 3.63) is 152 Å². The molecule has 9 heteroatoms. The number of aromatic nitrogens is 1. The van der Waals surface area contributed by atoms with E-state index in [1.807, 2.05) is 71.3 Å². The lowest BCUT2D eigenvalue weighted by Crippen LogP contribution is -2.38. The standard InChI is InChI=1S/C35H25Br2ClN2O3S/c1-42-24-13-10-22(11-14-24)32-26-15-12-21-6-2-4-8-25(21)31(26)39-35-40(32)34(41)30(44-35)18-20-16-27(36)33(28(37)17-20)43-19-23-7-3-5-9-29(23)38/h2-11,13-14,16-18,32H,12,15,19H2,1H3/b30-18+/t32-/m1/s1. The van der Waals surface area contributed by atoms with E-state index in [9.17, 15) is 4.79 Å². The van der Waals surface area contributed by atoms with Crippen LogP contribution in [-0.2, 0) is 13.0 Å². The molecule has 0 fully saturated rings. The van der Waals surface area contributed by atoms with E-state index in [1.165, 1.54) is 22.5 Å². The lowest BCUT2D eigenvalue weighted by molar-refractivity contribution is 0.302. The van der Waals surface area contributed by atoms with Crippen LogP contribution in [0, 0.1) is 0 Å². The number of allylic oxidation sites excluding steroid dienone is 1. The Labute approximate surface area is 280 Å². The van der Waals surface area contributed by atoms with Crippen molar-refractivity contribution >= 4 is 66.6 Å². The number of halogens is 3. The first-order chi connectivity index (χ1) is 21.4. The van der Waals surface area contributed by atoms with Crippen LogP contribution in [0.1, 0.15) is 40.3 Å². The molecule has 2 heterocycles. The third kappa shape index (κ3) is 5.38. The molecule has 2 aliphatic rings. The molecule has 1 aliphatic carbocycles. The second kappa shape index (κ2) is 12.2. The molecule has 7 rings (SSSR count). The maximum Gasteiger partial charge on any atom is 0.271 e. The molecule has 0 amide bonds.